The topological polar surface area (TPSA) is 49.3 Å². The summed E-state index contributed by atoms with van der Waals surface area (Å²) in [6.07, 6.45) is 1.32. The van der Waals surface area contributed by atoms with Crippen molar-refractivity contribution in [2.24, 2.45) is 0 Å². The Morgan fingerprint density at radius 2 is 1.71 bits per heavy atom. The predicted octanol–water partition coefficient (Wildman–Crippen LogP) is 3.80. The van der Waals surface area contributed by atoms with E-state index in [1.54, 1.807) is 6.08 Å². The average Bonchev–Trinajstić information content (AvgIpc) is 2.34. The molecule has 0 heterocycles. The second kappa shape index (κ2) is 7.01. The Hall–Kier alpha value is -0.740. The number of halogens is 3. The quantitative estimate of drug-likeness (QED) is 0.495. The molecule has 2 N–H and O–H groups in total. The molecule has 0 saturated heterocycles. The highest BCUT2D eigenvalue weighted by Gasteiger charge is 2.31. The van der Waals surface area contributed by atoms with Crippen LogP contribution in [0.1, 0.15) is 31.9 Å². The number of aliphatic hydroxyl groups is 1. The Kier molecular flexibility index (Phi) is 6.11. The molecule has 1 atom stereocenters. The summed E-state index contributed by atoms with van der Waals surface area (Å²) in [5.74, 6) is -0.547. The highest BCUT2D eigenvalue weighted by atomic mass is 35.6. The highest BCUT2D eigenvalue weighted by Crippen LogP contribution is 2.28. The summed E-state index contributed by atoms with van der Waals surface area (Å²) < 4.78 is -1.96. The van der Waals surface area contributed by atoms with E-state index in [1.165, 1.54) is 11.6 Å². The van der Waals surface area contributed by atoms with Gasteiger partial charge in [0.25, 0.3) is 0 Å². The van der Waals surface area contributed by atoms with E-state index in [0.717, 1.165) is 5.56 Å². The van der Waals surface area contributed by atoms with Gasteiger partial charge in [0, 0.05) is 6.08 Å². The largest absolute Gasteiger partial charge is 0.369 e. The van der Waals surface area contributed by atoms with Crippen molar-refractivity contribution in [3.8, 4) is 0 Å². The van der Waals surface area contributed by atoms with Gasteiger partial charge in [0.1, 0.15) is 0 Å². The summed E-state index contributed by atoms with van der Waals surface area (Å²) in [7, 11) is 0. The van der Waals surface area contributed by atoms with Gasteiger partial charge in [0.2, 0.25) is 9.70 Å². The molecule has 1 amide bonds. The molecule has 3 nitrogen and oxygen atoms in total. The van der Waals surface area contributed by atoms with Crippen molar-refractivity contribution in [3.63, 3.8) is 0 Å². The van der Waals surface area contributed by atoms with E-state index in [4.69, 9.17) is 34.8 Å². The second-order valence-electron chi connectivity index (χ2n) is 5.66. The van der Waals surface area contributed by atoms with Gasteiger partial charge in [0.15, 0.2) is 6.23 Å². The minimum atomic E-state index is -1.96. The van der Waals surface area contributed by atoms with Crippen molar-refractivity contribution in [2.75, 3.05) is 0 Å². The lowest BCUT2D eigenvalue weighted by Gasteiger charge is -2.19. The Balaban J connectivity index is 2.67. The lowest BCUT2D eigenvalue weighted by molar-refractivity contribution is -0.119. The molecule has 0 aromatic heterocycles. The lowest BCUT2D eigenvalue weighted by Crippen LogP contribution is -2.42. The van der Waals surface area contributed by atoms with Crippen molar-refractivity contribution in [3.05, 3.63) is 41.5 Å². The molecule has 0 radical (unpaired) electrons. The minimum absolute atomic E-state index is 0.0775. The van der Waals surface area contributed by atoms with Crippen LogP contribution < -0.4 is 5.32 Å². The van der Waals surface area contributed by atoms with E-state index >= 15 is 0 Å². The van der Waals surface area contributed by atoms with Gasteiger partial charge in [-0.3, -0.25) is 4.79 Å². The summed E-state index contributed by atoms with van der Waals surface area (Å²) in [6, 6.07) is 7.84. The maximum absolute atomic E-state index is 11.6. The molecule has 0 aliphatic carbocycles. The third-order valence-corrected chi connectivity index (χ3v) is 3.41. The zero-order valence-corrected chi connectivity index (χ0v) is 14.3. The number of hydrogen-bond acceptors (Lipinski definition) is 2. The van der Waals surface area contributed by atoms with Gasteiger partial charge in [0.05, 0.1) is 0 Å². The Bertz CT molecular complexity index is 513. The van der Waals surface area contributed by atoms with Gasteiger partial charge in [-0.05, 0) is 22.6 Å². The van der Waals surface area contributed by atoms with Gasteiger partial charge in [-0.1, -0.05) is 79.8 Å². The van der Waals surface area contributed by atoms with E-state index in [2.05, 4.69) is 26.1 Å². The predicted molar refractivity (Wildman–Crippen MR) is 88.6 cm³/mol. The van der Waals surface area contributed by atoms with E-state index < -0.39 is 15.9 Å². The lowest BCUT2D eigenvalue weighted by atomic mass is 9.87. The van der Waals surface area contributed by atoms with Gasteiger partial charge >= 0.3 is 0 Å². The fourth-order valence-electron chi connectivity index (χ4n) is 1.53. The number of nitrogens with one attached hydrogen (secondary N) is 1. The van der Waals surface area contributed by atoms with Crippen molar-refractivity contribution in [2.45, 2.75) is 36.2 Å². The molecule has 0 spiro atoms. The van der Waals surface area contributed by atoms with Crippen LogP contribution in [0.5, 0.6) is 0 Å². The van der Waals surface area contributed by atoms with E-state index in [-0.39, 0.29) is 5.41 Å². The standard InChI is InChI=1S/C15H18Cl3NO2/c1-14(2,3)11-7-4-10(5-8-11)6-9-12(20)19-13(21)15(16,17)18/h4-9,13,21H,1-3H3,(H,19,20)/b9-6+/t13-/m1/s1. The van der Waals surface area contributed by atoms with Crippen LogP contribution in [-0.4, -0.2) is 21.0 Å². The molecular formula is C15H18Cl3NO2. The van der Waals surface area contributed by atoms with Crippen LogP contribution in [0.15, 0.2) is 30.3 Å². The Morgan fingerprint density at radius 3 is 2.14 bits per heavy atom. The summed E-state index contributed by atoms with van der Waals surface area (Å²) >= 11 is 16.3. The Morgan fingerprint density at radius 1 is 1.19 bits per heavy atom. The van der Waals surface area contributed by atoms with Gasteiger partial charge in [-0.2, -0.15) is 0 Å². The van der Waals surface area contributed by atoms with Crippen LogP contribution in [0.4, 0.5) is 0 Å². The number of carbonyl (C=O) groups excluding carboxylic acids is 1. The van der Waals surface area contributed by atoms with E-state index in [1.807, 2.05) is 24.3 Å². The van der Waals surface area contributed by atoms with Gasteiger partial charge in [-0.25, -0.2) is 0 Å². The highest BCUT2D eigenvalue weighted by molar-refractivity contribution is 6.68. The Labute approximate surface area is 139 Å². The summed E-state index contributed by atoms with van der Waals surface area (Å²) in [4.78, 5) is 11.6. The molecule has 116 valence electrons. The molecule has 0 aliphatic heterocycles. The zero-order chi connectivity index (χ0) is 16.3. The zero-order valence-electron chi connectivity index (χ0n) is 12.0. The van der Waals surface area contributed by atoms with Crippen LogP contribution in [-0.2, 0) is 10.2 Å². The van der Waals surface area contributed by atoms with E-state index in [9.17, 15) is 9.90 Å². The smallest absolute Gasteiger partial charge is 0.246 e. The first-order valence-electron chi connectivity index (χ1n) is 6.34. The summed E-state index contributed by atoms with van der Waals surface area (Å²) in [5.41, 5.74) is 2.14. The first kappa shape index (κ1) is 18.3. The first-order chi connectivity index (χ1) is 9.50. The second-order valence-corrected chi connectivity index (χ2v) is 8.03. The molecule has 1 rings (SSSR count). The van der Waals surface area contributed by atoms with Gasteiger partial charge < -0.3 is 10.4 Å². The molecule has 1 aromatic rings. The molecule has 1 aromatic carbocycles. The maximum Gasteiger partial charge on any atom is 0.246 e. The molecule has 0 fully saturated rings. The van der Waals surface area contributed by atoms with Crippen LogP contribution in [0.2, 0.25) is 0 Å². The van der Waals surface area contributed by atoms with Crippen LogP contribution in [0.3, 0.4) is 0 Å². The fraction of sp³-hybridized carbons (Fsp3) is 0.400. The number of benzene rings is 1. The normalized spacial score (nSPS) is 14.2. The molecular weight excluding hydrogens is 333 g/mol. The third-order valence-electron chi connectivity index (χ3n) is 2.79. The number of aliphatic hydroxyl groups excluding tert-OH is 1. The van der Waals surface area contributed by atoms with Crippen molar-refractivity contribution < 1.29 is 9.90 Å². The van der Waals surface area contributed by atoms with Gasteiger partial charge in [-0.15, -0.1) is 0 Å². The number of hydrogen-bond donors (Lipinski definition) is 2. The van der Waals surface area contributed by atoms with Crippen molar-refractivity contribution in [1.29, 1.82) is 0 Å². The number of carbonyl (C=O) groups is 1. The third kappa shape index (κ3) is 6.27. The number of rotatable bonds is 3. The summed E-state index contributed by atoms with van der Waals surface area (Å²) in [5, 5.41) is 11.6. The first-order valence-corrected chi connectivity index (χ1v) is 7.47. The SMILES string of the molecule is CC(C)(C)c1ccc(/C=C/C(=O)N[C@H](O)C(Cl)(Cl)Cl)cc1. The van der Waals surface area contributed by atoms with Crippen molar-refractivity contribution >= 4 is 46.8 Å². The van der Waals surface area contributed by atoms with Crippen molar-refractivity contribution in [1.82, 2.24) is 5.32 Å². The van der Waals surface area contributed by atoms with Crippen LogP contribution >= 0.6 is 34.8 Å². The van der Waals surface area contributed by atoms with Crippen LogP contribution in [0, 0.1) is 0 Å². The average molecular weight is 351 g/mol. The minimum Gasteiger partial charge on any atom is -0.369 e. The summed E-state index contributed by atoms with van der Waals surface area (Å²) in [6.45, 7) is 6.39. The molecule has 0 bridgehead atoms. The molecule has 0 aliphatic rings. The number of alkyl halides is 3. The molecule has 0 saturated carbocycles. The fourth-order valence-corrected chi connectivity index (χ4v) is 1.69. The van der Waals surface area contributed by atoms with E-state index in [0.29, 0.717) is 0 Å². The molecule has 6 heteroatoms. The molecule has 21 heavy (non-hydrogen) atoms. The number of amides is 1. The molecule has 0 unspecified atom stereocenters. The van der Waals surface area contributed by atoms with Crippen LogP contribution in [0.25, 0.3) is 6.08 Å². The monoisotopic (exact) mass is 349 g/mol. The maximum atomic E-state index is 11.6.